The molecule has 1 aromatic carbocycles. The first-order valence-corrected chi connectivity index (χ1v) is 5.93. The fourth-order valence-corrected chi connectivity index (χ4v) is 2.22. The molecule has 0 aliphatic carbocycles. The number of nitrogens with one attached hydrogen (secondary N) is 1. The number of aromatic carboxylic acids is 1. The van der Waals surface area contributed by atoms with Crippen molar-refractivity contribution in [2.45, 2.75) is 12.8 Å². The lowest BCUT2D eigenvalue weighted by Crippen LogP contribution is -2.38. The van der Waals surface area contributed by atoms with Gasteiger partial charge in [-0.05, 0) is 36.6 Å². The van der Waals surface area contributed by atoms with Crippen LogP contribution in [0.3, 0.4) is 0 Å². The molecule has 5 nitrogen and oxygen atoms in total. The van der Waals surface area contributed by atoms with Gasteiger partial charge in [0.2, 0.25) is 5.91 Å². The number of carbonyl (C=O) groups excluding carboxylic acids is 1. The van der Waals surface area contributed by atoms with Crippen molar-refractivity contribution in [3.63, 3.8) is 0 Å². The fourth-order valence-electron chi connectivity index (χ4n) is 2.22. The van der Waals surface area contributed by atoms with Gasteiger partial charge in [-0.2, -0.15) is 0 Å². The maximum absolute atomic E-state index is 11.4. The summed E-state index contributed by atoms with van der Waals surface area (Å²) in [5.41, 5.74) is 2.27. The van der Waals surface area contributed by atoms with Gasteiger partial charge in [0.25, 0.3) is 0 Å². The molecule has 96 valence electrons. The molecule has 0 saturated heterocycles. The van der Waals surface area contributed by atoms with Crippen LogP contribution in [0.2, 0.25) is 0 Å². The molecule has 5 heteroatoms. The summed E-state index contributed by atoms with van der Waals surface area (Å²) in [5.74, 6) is -0.952. The normalized spacial score (nSPS) is 13.9. The van der Waals surface area contributed by atoms with E-state index in [0.717, 1.165) is 30.6 Å². The smallest absolute Gasteiger partial charge is 0.335 e. The Balaban J connectivity index is 2.27. The predicted molar refractivity (Wildman–Crippen MR) is 68.0 cm³/mol. The van der Waals surface area contributed by atoms with E-state index in [2.05, 4.69) is 5.32 Å². The average Bonchev–Trinajstić information content (AvgIpc) is 2.38. The summed E-state index contributed by atoms with van der Waals surface area (Å²) in [6.45, 7) is 1.14. The van der Waals surface area contributed by atoms with Crippen molar-refractivity contribution in [3.05, 3.63) is 29.3 Å². The van der Waals surface area contributed by atoms with Crippen LogP contribution in [0.4, 0.5) is 5.69 Å². The molecule has 0 radical (unpaired) electrons. The molecule has 1 amide bonds. The van der Waals surface area contributed by atoms with E-state index in [1.165, 1.54) is 0 Å². The monoisotopic (exact) mass is 248 g/mol. The number of anilines is 1. The van der Waals surface area contributed by atoms with Crippen LogP contribution in [0.25, 0.3) is 0 Å². The number of amides is 1. The molecule has 0 bridgehead atoms. The third-order valence-electron chi connectivity index (χ3n) is 3.15. The Morgan fingerprint density at radius 3 is 2.89 bits per heavy atom. The number of rotatable bonds is 3. The van der Waals surface area contributed by atoms with Gasteiger partial charge in [-0.25, -0.2) is 4.79 Å². The van der Waals surface area contributed by atoms with Crippen LogP contribution in [0, 0.1) is 0 Å². The number of aryl methyl sites for hydroxylation is 1. The molecular formula is C13H16N2O3. The van der Waals surface area contributed by atoms with Crippen LogP contribution in [-0.4, -0.2) is 37.1 Å². The van der Waals surface area contributed by atoms with E-state index in [9.17, 15) is 9.59 Å². The highest BCUT2D eigenvalue weighted by Gasteiger charge is 2.19. The lowest BCUT2D eigenvalue weighted by atomic mass is 9.99. The number of carboxylic acids is 1. The van der Waals surface area contributed by atoms with E-state index in [-0.39, 0.29) is 5.91 Å². The molecule has 1 aliphatic heterocycles. The van der Waals surface area contributed by atoms with Gasteiger partial charge in [0.1, 0.15) is 0 Å². The van der Waals surface area contributed by atoms with E-state index in [0.29, 0.717) is 12.1 Å². The van der Waals surface area contributed by atoms with Gasteiger partial charge < -0.3 is 15.3 Å². The Bertz CT molecular complexity index is 485. The Hall–Kier alpha value is -2.04. The summed E-state index contributed by atoms with van der Waals surface area (Å²) in [5, 5.41) is 11.6. The first-order valence-electron chi connectivity index (χ1n) is 5.93. The van der Waals surface area contributed by atoms with Crippen molar-refractivity contribution in [1.29, 1.82) is 0 Å². The van der Waals surface area contributed by atoms with E-state index in [4.69, 9.17) is 5.11 Å². The first-order chi connectivity index (χ1) is 8.61. The van der Waals surface area contributed by atoms with E-state index in [1.54, 1.807) is 25.2 Å². The lowest BCUT2D eigenvalue weighted by molar-refractivity contribution is -0.119. The van der Waals surface area contributed by atoms with Crippen LogP contribution in [-0.2, 0) is 11.2 Å². The van der Waals surface area contributed by atoms with Crippen molar-refractivity contribution in [3.8, 4) is 0 Å². The summed E-state index contributed by atoms with van der Waals surface area (Å²) in [4.78, 5) is 24.3. The van der Waals surface area contributed by atoms with Crippen molar-refractivity contribution < 1.29 is 14.7 Å². The van der Waals surface area contributed by atoms with Crippen molar-refractivity contribution in [2.75, 3.05) is 25.0 Å². The summed E-state index contributed by atoms with van der Waals surface area (Å²) in [7, 11) is 1.61. The molecule has 0 fully saturated rings. The van der Waals surface area contributed by atoms with Crippen molar-refractivity contribution in [2.24, 2.45) is 0 Å². The van der Waals surface area contributed by atoms with Gasteiger partial charge in [-0.3, -0.25) is 4.79 Å². The highest BCUT2D eigenvalue weighted by molar-refractivity contribution is 5.89. The molecule has 0 atom stereocenters. The molecule has 2 N–H and O–H groups in total. The number of hydrogen-bond donors (Lipinski definition) is 2. The number of benzene rings is 1. The van der Waals surface area contributed by atoms with Crippen LogP contribution >= 0.6 is 0 Å². The van der Waals surface area contributed by atoms with E-state index in [1.807, 2.05) is 4.90 Å². The number of likely N-dealkylation sites (N-methyl/N-ethyl adjacent to an activating group) is 1. The minimum absolute atomic E-state index is 0.0369. The molecule has 18 heavy (non-hydrogen) atoms. The Morgan fingerprint density at radius 2 is 2.22 bits per heavy atom. The predicted octanol–water partition coefficient (Wildman–Crippen LogP) is 0.883. The van der Waals surface area contributed by atoms with Crippen molar-refractivity contribution in [1.82, 2.24) is 5.32 Å². The second-order valence-electron chi connectivity index (χ2n) is 4.35. The van der Waals surface area contributed by atoms with E-state index >= 15 is 0 Å². The zero-order chi connectivity index (χ0) is 13.1. The highest BCUT2D eigenvalue weighted by Crippen LogP contribution is 2.27. The Morgan fingerprint density at radius 1 is 1.44 bits per heavy atom. The first kappa shape index (κ1) is 12.4. The van der Waals surface area contributed by atoms with E-state index < -0.39 is 5.97 Å². The Labute approximate surface area is 105 Å². The standard InChI is InChI=1S/C13H16N2O3/c1-14-12(16)8-15-6-2-3-9-7-10(13(17)18)4-5-11(9)15/h4-5,7H,2-3,6,8H2,1H3,(H,14,16)(H,17,18). The van der Waals surface area contributed by atoms with Crippen LogP contribution in [0.5, 0.6) is 0 Å². The quantitative estimate of drug-likeness (QED) is 0.833. The third kappa shape index (κ3) is 2.45. The summed E-state index contributed by atoms with van der Waals surface area (Å²) < 4.78 is 0. The fraction of sp³-hybridized carbons (Fsp3) is 0.385. The minimum Gasteiger partial charge on any atom is -0.478 e. The van der Waals surface area contributed by atoms with Gasteiger partial charge in [-0.1, -0.05) is 0 Å². The molecular weight excluding hydrogens is 232 g/mol. The second kappa shape index (κ2) is 5.08. The molecule has 0 aromatic heterocycles. The van der Waals surface area contributed by atoms with Crippen LogP contribution < -0.4 is 10.2 Å². The van der Waals surface area contributed by atoms with Gasteiger partial charge in [0.05, 0.1) is 12.1 Å². The van der Waals surface area contributed by atoms with Gasteiger partial charge >= 0.3 is 5.97 Å². The van der Waals surface area contributed by atoms with Crippen molar-refractivity contribution >= 4 is 17.6 Å². The molecule has 1 aromatic rings. The minimum atomic E-state index is -0.916. The third-order valence-corrected chi connectivity index (χ3v) is 3.15. The molecule has 2 rings (SSSR count). The maximum atomic E-state index is 11.4. The maximum Gasteiger partial charge on any atom is 0.335 e. The molecule has 1 heterocycles. The number of carboxylic acid groups (broad SMARTS) is 1. The summed E-state index contributed by atoms with van der Waals surface area (Å²) in [6, 6.07) is 5.08. The summed E-state index contributed by atoms with van der Waals surface area (Å²) in [6.07, 6.45) is 1.80. The number of hydrogen-bond acceptors (Lipinski definition) is 3. The highest BCUT2D eigenvalue weighted by atomic mass is 16.4. The van der Waals surface area contributed by atoms with Crippen LogP contribution in [0.1, 0.15) is 22.3 Å². The number of carbonyl (C=O) groups is 2. The lowest BCUT2D eigenvalue weighted by Gasteiger charge is -2.30. The molecule has 0 unspecified atom stereocenters. The number of fused-ring (bicyclic) bond motifs is 1. The summed E-state index contributed by atoms with van der Waals surface area (Å²) >= 11 is 0. The molecule has 0 spiro atoms. The largest absolute Gasteiger partial charge is 0.478 e. The SMILES string of the molecule is CNC(=O)CN1CCCc2cc(C(=O)O)ccc21. The van der Waals surface area contributed by atoms with Gasteiger partial charge in [-0.15, -0.1) is 0 Å². The zero-order valence-corrected chi connectivity index (χ0v) is 10.3. The average molecular weight is 248 g/mol. The molecule has 0 saturated carbocycles. The second-order valence-corrected chi connectivity index (χ2v) is 4.35. The number of nitrogens with zero attached hydrogens (tertiary/aromatic N) is 1. The topological polar surface area (TPSA) is 69.6 Å². The van der Waals surface area contributed by atoms with Crippen LogP contribution in [0.15, 0.2) is 18.2 Å². The Kier molecular flexibility index (Phi) is 3.50. The molecule has 1 aliphatic rings. The zero-order valence-electron chi connectivity index (χ0n) is 10.3. The van der Waals surface area contributed by atoms with Gasteiger partial charge in [0, 0.05) is 19.3 Å². The van der Waals surface area contributed by atoms with Gasteiger partial charge in [0.15, 0.2) is 0 Å².